The van der Waals surface area contributed by atoms with Gasteiger partial charge >= 0.3 is 0 Å². The normalized spacial score (nSPS) is 13.5. The molecule has 2 aromatic heterocycles. The number of fused-ring (bicyclic) bond motifs is 1. The SMILES string of the molecule is Cc1c(C(=O)Cc2ccc(N3CCN(C(=O)Cc4ccccc4F)CC3)nc2)oc2ccc(-c3ccc(F)cc3)cc12. The van der Waals surface area contributed by atoms with Crippen LogP contribution in [-0.4, -0.2) is 47.8 Å². The quantitative estimate of drug-likeness (QED) is 0.214. The van der Waals surface area contributed by atoms with E-state index in [2.05, 4.69) is 9.88 Å². The molecule has 3 aromatic carbocycles. The van der Waals surface area contributed by atoms with Crippen LogP contribution in [0.25, 0.3) is 22.1 Å². The number of carbonyl (C=O) groups excluding carboxylic acids is 2. The number of Topliss-reactive ketones (excluding diaryl/α,β-unsaturated/α-hetero) is 1. The Morgan fingerprint density at radius 1 is 0.857 bits per heavy atom. The molecule has 0 spiro atoms. The lowest BCUT2D eigenvalue weighted by molar-refractivity contribution is -0.130. The first kappa shape index (κ1) is 27.3. The van der Waals surface area contributed by atoms with Gasteiger partial charge in [0.2, 0.25) is 11.7 Å². The van der Waals surface area contributed by atoms with Crippen molar-refractivity contribution in [3.8, 4) is 11.1 Å². The van der Waals surface area contributed by atoms with E-state index in [1.807, 2.05) is 37.3 Å². The van der Waals surface area contributed by atoms with Crippen LogP contribution in [-0.2, 0) is 17.6 Å². The minimum Gasteiger partial charge on any atom is -0.453 e. The zero-order valence-electron chi connectivity index (χ0n) is 23.1. The monoisotopic (exact) mass is 565 g/mol. The highest BCUT2D eigenvalue weighted by Gasteiger charge is 2.23. The van der Waals surface area contributed by atoms with Gasteiger partial charge in [0.25, 0.3) is 0 Å². The fourth-order valence-electron chi connectivity index (χ4n) is 5.38. The molecular weight excluding hydrogens is 536 g/mol. The fourth-order valence-corrected chi connectivity index (χ4v) is 5.38. The molecule has 0 bridgehead atoms. The molecule has 3 heterocycles. The number of nitrogens with zero attached hydrogens (tertiary/aromatic N) is 3. The molecule has 1 aliphatic heterocycles. The second-order valence-corrected chi connectivity index (χ2v) is 10.5. The number of anilines is 1. The van der Waals surface area contributed by atoms with Crippen molar-refractivity contribution in [3.05, 3.63) is 119 Å². The predicted octanol–water partition coefficient (Wildman–Crippen LogP) is 6.40. The van der Waals surface area contributed by atoms with Gasteiger partial charge in [-0.2, -0.15) is 0 Å². The van der Waals surface area contributed by atoms with E-state index in [4.69, 9.17) is 4.42 Å². The first-order chi connectivity index (χ1) is 20.4. The predicted molar refractivity (Wildman–Crippen MR) is 158 cm³/mol. The van der Waals surface area contributed by atoms with Gasteiger partial charge < -0.3 is 14.2 Å². The van der Waals surface area contributed by atoms with E-state index < -0.39 is 0 Å². The summed E-state index contributed by atoms with van der Waals surface area (Å²) in [4.78, 5) is 34.3. The molecule has 212 valence electrons. The van der Waals surface area contributed by atoms with Gasteiger partial charge in [-0.25, -0.2) is 13.8 Å². The molecular formula is C34H29F2N3O3. The minimum atomic E-state index is -0.362. The summed E-state index contributed by atoms with van der Waals surface area (Å²) in [5.74, 6) is 0.223. The molecule has 5 aromatic rings. The standard InChI is InChI=1S/C34H29F2N3O3/c1-22-28-19-25(24-7-10-27(35)11-8-24)9-12-31(28)42-34(22)30(40)18-23-6-13-32(37-21-23)38-14-16-39(17-15-38)33(41)20-26-4-2-3-5-29(26)36/h2-13,19,21H,14-18,20H2,1H3. The van der Waals surface area contributed by atoms with Gasteiger partial charge in [0.15, 0.2) is 5.76 Å². The maximum atomic E-state index is 13.9. The number of hydrogen-bond acceptors (Lipinski definition) is 5. The molecule has 42 heavy (non-hydrogen) atoms. The van der Waals surface area contributed by atoms with Crippen molar-refractivity contribution in [1.29, 1.82) is 0 Å². The molecule has 1 saturated heterocycles. The van der Waals surface area contributed by atoms with Gasteiger partial charge in [0.1, 0.15) is 23.0 Å². The highest BCUT2D eigenvalue weighted by Crippen LogP contribution is 2.31. The number of halogens is 2. The summed E-state index contributed by atoms with van der Waals surface area (Å²) >= 11 is 0. The van der Waals surface area contributed by atoms with Gasteiger partial charge in [-0.15, -0.1) is 0 Å². The average Bonchev–Trinajstić information content (AvgIpc) is 3.35. The Balaban J connectivity index is 1.07. The van der Waals surface area contributed by atoms with Crippen LogP contribution in [0.1, 0.15) is 27.2 Å². The van der Waals surface area contributed by atoms with E-state index >= 15 is 0 Å². The molecule has 1 fully saturated rings. The highest BCUT2D eigenvalue weighted by molar-refractivity contribution is 6.02. The number of benzene rings is 3. The largest absolute Gasteiger partial charge is 0.453 e. The lowest BCUT2D eigenvalue weighted by Gasteiger charge is -2.35. The van der Waals surface area contributed by atoms with Crippen LogP contribution in [0, 0.1) is 18.6 Å². The van der Waals surface area contributed by atoms with Gasteiger partial charge in [0.05, 0.1) is 6.42 Å². The number of aryl methyl sites for hydroxylation is 1. The lowest BCUT2D eigenvalue weighted by atomic mass is 10.0. The van der Waals surface area contributed by atoms with Crippen LogP contribution in [0.5, 0.6) is 0 Å². The van der Waals surface area contributed by atoms with Crippen LogP contribution < -0.4 is 4.90 Å². The summed E-state index contributed by atoms with van der Waals surface area (Å²) in [5.41, 5.74) is 4.38. The zero-order valence-corrected chi connectivity index (χ0v) is 23.1. The van der Waals surface area contributed by atoms with Crippen molar-refractivity contribution in [3.63, 3.8) is 0 Å². The molecule has 6 rings (SSSR count). The summed E-state index contributed by atoms with van der Waals surface area (Å²) in [7, 11) is 0. The van der Waals surface area contributed by atoms with Crippen molar-refractivity contribution in [1.82, 2.24) is 9.88 Å². The number of pyridine rings is 1. The van der Waals surface area contributed by atoms with E-state index in [-0.39, 0.29) is 36.2 Å². The molecule has 0 atom stereocenters. The fraction of sp³-hybridized carbons (Fsp3) is 0.206. The van der Waals surface area contributed by atoms with Crippen molar-refractivity contribution in [2.75, 3.05) is 31.1 Å². The Morgan fingerprint density at radius 3 is 2.31 bits per heavy atom. The van der Waals surface area contributed by atoms with Gasteiger partial charge in [-0.05, 0) is 65.6 Å². The molecule has 8 heteroatoms. The summed E-state index contributed by atoms with van der Waals surface area (Å²) in [6.07, 6.45) is 1.90. The number of amides is 1. The van der Waals surface area contributed by atoms with Crippen LogP contribution >= 0.6 is 0 Å². The number of furan rings is 1. The van der Waals surface area contributed by atoms with E-state index in [0.29, 0.717) is 43.1 Å². The van der Waals surface area contributed by atoms with Crippen molar-refractivity contribution >= 4 is 28.5 Å². The third kappa shape index (κ3) is 5.65. The topological polar surface area (TPSA) is 66.7 Å². The molecule has 0 saturated carbocycles. The van der Waals surface area contributed by atoms with Crippen molar-refractivity contribution < 1.29 is 22.8 Å². The van der Waals surface area contributed by atoms with E-state index in [0.717, 1.165) is 33.5 Å². The van der Waals surface area contributed by atoms with Crippen LogP contribution in [0.3, 0.4) is 0 Å². The summed E-state index contributed by atoms with van der Waals surface area (Å²) in [6.45, 7) is 4.17. The van der Waals surface area contributed by atoms with Gasteiger partial charge in [-0.1, -0.05) is 42.5 Å². The average molecular weight is 566 g/mol. The van der Waals surface area contributed by atoms with E-state index in [1.165, 1.54) is 18.2 Å². The van der Waals surface area contributed by atoms with Gasteiger partial charge in [0, 0.05) is 49.7 Å². The molecule has 1 aliphatic rings. The van der Waals surface area contributed by atoms with E-state index in [9.17, 15) is 18.4 Å². The number of aromatic nitrogens is 1. The molecule has 0 radical (unpaired) electrons. The first-order valence-corrected chi connectivity index (χ1v) is 13.9. The van der Waals surface area contributed by atoms with Crippen molar-refractivity contribution in [2.45, 2.75) is 19.8 Å². The number of ketones is 1. The molecule has 0 unspecified atom stereocenters. The number of piperazine rings is 1. The molecule has 0 aliphatic carbocycles. The van der Waals surface area contributed by atoms with E-state index in [1.54, 1.807) is 41.4 Å². The minimum absolute atomic E-state index is 0.0494. The zero-order chi connectivity index (χ0) is 29.2. The second-order valence-electron chi connectivity index (χ2n) is 10.5. The first-order valence-electron chi connectivity index (χ1n) is 13.9. The second kappa shape index (κ2) is 11.6. The Hall–Kier alpha value is -4.85. The van der Waals surface area contributed by atoms with Crippen LogP contribution in [0.15, 0.2) is 89.5 Å². The third-order valence-corrected chi connectivity index (χ3v) is 7.80. The number of rotatable bonds is 7. The lowest BCUT2D eigenvalue weighted by Crippen LogP contribution is -2.49. The van der Waals surface area contributed by atoms with Crippen molar-refractivity contribution in [2.24, 2.45) is 0 Å². The maximum Gasteiger partial charge on any atom is 0.227 e. The Bertz CT molecular complexity index is 1760. The number of hydrogen-bond donors (Lipinski definition) is 0. The molecule has 0 N–H and O–H groups in total. The smallest absolute Gasteiger partial charge is 0.227 e. The Labute approximate surface area is 242 Å². The summed E-state index contributed by atoms with van der Waals surface area (Å²) in [6, 6.07) is 22.1. The summed E-state index contributed by atoms with van der Waals surface area (Å²) in [5, 5.41) is 0.847. The molecule has 1 amide bonds. The maximum absolute atomic E-state index is 13.9. The molecule has 6 nitrogen and oxygen atoms in total. The highest BCUT2D eigenvalue weighted by atomic mass is 19.1. The number of carbonyl (C=O) groups is 2. The van der Waals surface area contributed by atoms with Crippen LogP contribution in [0.2, 0.25) is 0 Å². The third-order valence-electron chi connectivity index (χ3n) is 7.80. The van der Waals surface area contributed by atoms with Gasteiger partial charge in [-0.3, -0.25) is 9.59 Å². The van der Waals surface area contributed by atoms with Crippen LogP contribution in [0.4, 0.5) is 14.6 Å². The summed E-state index contributed by atoms with van der Waals surface area (Å²) < 4.78 is 33.2. The Kier molecular flexibility index (Phi) is 7.52. The Morgan fingerprint density at radius 2 is 1.60 bits per heavy atom.